The lowest BCUT2D eigenvalue weighted by atomic mass is 9.60. The van der Waals surface area contributed by atoms with Gasteiger partial charge >= 0.3 is 0 Å². The third-order valence-electron chi connectivity index (χ3n) is 9.34. The molecule has 1 unspecified atom stereocenters. The Labute approximate surface area is 255 Å². The van der Waals surface area contributed by atoms with Gasteiger partial charge in [-0.2, -0.15) is 0 Å². The highest BCUT2D eigenvalue weighted by atomic mass is 14.9. The standard InChI is InChI=1S/C40H37N3/c1-29-27-33(36-17-9-12-26-41-36)20-23-35(29)40(24-10-4-11-25-40)34-21-18-32(19-22-34)39-42-37(30-13-5-2-6-14-30)28-38(43-39)31-15-7-3-8-16-31/h2-3,5-9,12-23,26,28-29H,4,10-11,24-25,27H2,1H3. The van der Waals surface area contributed by atoms with Gasteiger partial charge in [-0.25, -0.2) is 9.97 Å². The second-order valence-corrected chi connectivity index (χ2v) is 12.0. The monoisotopic (exact) mass is 559 g/mol. The van der Waals surface area contributed by atoms with Crippen molar-refractivity contribution in [1.82, 2.24) is 15.0 Å². The third kappa shape index (κ3) is 5.48. The minimum atomic E-state index is 0.0737. The van der Waals surface area contributed by atoms with E-state index in [9.17, 15) is 0 Å². The molecule has 5 aromatic rings. The highest BCUT2D eigenvalue weighted by Gasteiger charge is 2.40. The maximum Gasteiger partial charge on any atom is 0.160 e. The van der Waals surface area contributed by atoms with Crippen LogP contribution in [-0.2, 0) is 5.41 Å². The molecule has 3 aromatic carbocycles. The van der Waals surface area contributed by atoms with Crippen molar-refractivity contribution in [3.05, 3.63) is 144 Å². The first-order valence-electron chi connectivity index (χ1n) is 15.6. The second-order valence-electron chi connectivity index (χ2n) is 12.0. The van der Waals surface area contributed by atoms with Gasteiger partial charge in [0.1, 0.15) is 0 Å². The van der Waals surface area contributed by atoms with Gasteiger partial charge in [0, 0.05) is 28.3 Å². The molecule has 2 aliphatic rings. The van der Waals surface area contributed by atoms with Crippen LogP contribution < -0.4 is 0 Å². The molecule has 1 atom stereocenters. The smallest absolute Gasteiger partial charge is 0.160 e. The number of hydrogen-bond donors (Lipinski definition) is 0. The number of nitrogens with zero attached hydrogens (tertiary/aromatic N) is 3. The molecule has 43 heavy (non-hydrogen) atoms. The molecular formula is C40H37N3. The fourth-order valence-corrected chi connectivity index (χ4v) is 7.16. The molecule has 0 amide bonds. The number of benzene rings is 3. The summed E-state index contributed by atoms with van der Waals surface area (Å²) in [5, 5.41) is 0. The summed E-state index contributed by atoms with van der Waals surface area (Å²) in [5.41, 5.74) is 10.6. The summed E-state index contributed by atoms with van der Waals surface area (Å²) >= 11 is 0. The van der Waals surface area contributed by atoms with E-state index >= 15 is 0 Å². The van der Waals surface area contributed by atoms with Crippen LogP contribution >= 0.6 is 0 Å². The molecule has 212 valence electrons. The Morgan fingerprint density at radius 1 is 0.605 bits per heavy atom. The average molecular weight is 560 g/mol. The summed E-state index contributed by atoms with van der Waals surface area (Å²) in [7, 11) is 0. The van der Waals surface area contributed by atoms with E-state index in [0.29, 0.717) is 5.92 Å². The fraction of sp³-hybridized carbons (Fsp3) is 0.225. The Hall–Kier alpha value is -4.63. The maximum absolute atomic E-state index is 5.06. The molecule has 0 aliphatic heterocycles. The second kappa shape index (κ2) is 11.9. The molecule has 1 saturated carbocycles. The Bertz CT molecular complexity index is 1690. The normalized spacial score (nSPS) is 18.0. The summed E-state index contributed by atoms with van der Waals surface area (Å²) in [6.45, 7) is 2.40. The van der Waals surface area contributed by atoms with Crippen LogP contribution in [0.4, 0.5) is 0 Å². The quantitative estimate of drug-likeness (QED) is 0.208. The Morgan fingerprint density at radius 3 is 1.81 bits per heavy atom. The minimum absolute atomic E-state index is 0.0737. The Balaban J connectivity index is 1.27. The molecule has 2 aliphatic carbocycles. The van der Waals surface area contributed by atoms with Gasteiger partial charge in [-0.3, -0.25) is 4.98 Å². The van der Waals surface area contributed by atoms with Gasteiger partial charge in [-0.1, -0.05) is 135 Å². The van der Waals surface area contributed by atoms with Crippen LogP contribution in [-0.4, -0.2) is 15.0 Å². The van der Waals surface area contributed by atoms with E-state index < -0.39 is 0 Å². The number of allylic oxidation sites excluding steroid dienone is 4. The van der Waals surface area contributed by atoms with Gasteiger partial charge in [-0.05, 0) is 54.5 Å². The summed E-state index contributed by atoms with van der Waals surface area (Å²) in [6, 6.07) is 38.3. The van der Waals surface area contributed by atoms with Gasteiger partial charge in [-0.15, -0.1) is 0 Å². The van der Waals surface area contributed by atoms with Crippen molar-refractivity contribution in [2.24, 2.45) is 5.92 Å². The van der Waals surface area contributed by atoms with Crippen molar-refractivity contribution in [3.63, 3.8) is 0 Å². The van der Waals surface area contributed by atoms with Crippen LogP contribution in [0.1, 0.15) is 56.7 Å². The zero-order chi connectivity index (χ0) is 29.1. The highest BCUT2D eigenvalue weighted by molar-refractivity contribution is 5.72. The zero-order valence-corrected chi connectivity index (χ0v) is 24.8. The molecule has 0 radical (unpaired) electrons. The number of hydrogen-bond acceptors (Lipinski definition) is 3. The van der Waals surface area contributed by atoms with Gasteiger partial charge < -0.3 is 0 Å². The van der Waals surface area contributed by atoms with Crippen molar-refractivity contribution in [2.45, 2.75) is 50.9 Å². The van der Waals surface area contributed by atoms with Crippen LogP contribution in [0.15, 0.2) is 133 Å². The third-order valence-corrected chi connectivity index (χ3v) is 9.34. The number of aromatic nitrogens is 3. The number of rotatable bonds is 6. The van der Waals surface area contributed by atoms with Gasteiger partial charge in [0.15, 0.2) is 5.82 Å². The molecule has 1 fully saturated rings. The lowest BCUT2D eigenvalue weighted by molar-refractivity contribution is 0.316. The largest absolute Gasteiger partial charge is 0.257 e. The molecule has 2 heterocycles. The van der Waals surface area contributed by atoms with Crippen LogP contribution in [0.25, 0.3) is 39.5 Å². The van der Waals surface area contributed by atoms with Crippen molar-refractivity contribution >= 4 is 5.57 Å². The molecule has 0 bridgehead atoms. The summed E-state index contributed by atoms with van der Waals surface area (Å²) in [5.74, 6) is 1.23. The molecule has 2 aromatic heterocycles. The SMILES string of the molecule is CC1CC(c2ccccn2)=CC=C1C1(c2ccc(-c3nc(-c4ccccc4)cc(-c4ccccc4)n3)cc2)CCCCC1. The van der Waals surface area contributed by atoms with Crippen LogP contribution in [0.3, 0.4) is 0 Å². The van der Waals surface area contributed by atoms with Gasteiger partial charge in [0.2, 0.25) is 0 Å². The summed E-state index contributed by atoms with van der Waals surface area (Å²) in [4.78, 5) is 14.8. The Kier molecular flexibility index (Phi) is 7.55. The predicted molar refractivity (Wildman–Crippen MR) is 177 cm³/mol. The van der Waals surface area contributed by atoms with Crippen LogP contribution in [0.2, 0.25) is 0 Å². The lowest BCUT2D eigenvalue weighted by Crippen LogP contribution is -2.34. The van der Waals surface area contributed by atoms with E-state index in [0.717, 1.165) is 46.0 Å². The van der Waals surface area contributed by atoms with Crippen molar-refractivity contribution in [1.29, 1.82) is 0 Å². The van der Waals surface area contributed by atoms with E-state index in [1.165, 1.54) is 43.2 Å². The lowest BCUT2D eigenvalue weighted by Gasteiger charge is -2.43. The molecule has 0 saturated heterocycles. The van der Waals surface area contributed by atoms with Gasteiger partial charge in [0.25, 0.3) is 0 Å². The topological polar surface area (TPSA) is 38.7 Å². The van der Waals surface area contributed by atoms with E-state index in [-0.39, 0.29) is 5.41 Å². The van der Waals surface area contributed by atoms with Crippen molar-refractivity contribution in [2.75, 3.05) is 0 Å². The first-order valence-corrected chi connectivity index (χ1v) is 15.6. The molecule has 0 N–H and O–H groups in total. The fourth-order valence-electron chi connectivity index (χ4n) is 7.16. The number of pyridine rings is 1. The molecule has 7 rings (SSSR count). The van der Waals surface area contributed by atoms with E-state index in [2.05, 4.69) is 115 Å². The molecular weight excluding hydrogens is 522 g/mol. The first kappa shape index (κ1) is 27.2. The minimum Gasteiger partial charge on any atom is -0.257 e. The van der Waals surface area contributed by atoms with Crippen molar-refractivity contribution < 1.29 is 0 Å². The van der Waals surface area contributed by atoms with Crippen molar-refractivity contribution in [3.8, 4) is 33.9 Å². The van der Waals surface area contributed by atoms with Crippen LogP contribution in [0, 0.1) is 5.92 Å². The summed E-state index contributed by atoms with van der Waals surface area (Å²) < 4.78 is 0. The van der Waals surface area contributed by atoms with E-state index in [1.54, 1.807) is 5.57 Å². The molecule has 3 nitrogen and oxygen atoms in total. The molecule has 3 heteroatoms. The molecule has 0 spiro atoms. The average Bonchev–Trinajstić information content (AvgIpc) is 3.09. The Morgan fingerprint density at radius 2 is 1.23 bits per heavy atom. The zero-order valence-electron chi connectivity index (χ0n) is 24.8. The highest BCUT2D eigenvalue weighted by Crippen LogP contribution is 2.50. The summed E-state index contributed by atoms with van der Waals surface area (Å²) in [6.07, 6.45) is 13.9. The maximum atomic E-state index is 5.06. The van der Waals surface area contributed by atoms with E-state index in [1.807, 2.05) is 24.4 Å². The van der Waals surface area contributed by atoms with Crippen LogP contribution in [0.5, 0.6) is 0 Å². The van der Waals surface area contributed by atoms with Gasteiger partial charge in [0.05, 0.1) is 17.1 Å². The van der Waals surface area contributed by atoms with E-state index in [4.69, 9.17) is 9.97 Å². The predicted octanol–water partition coefficient (Wildman–Crippen LogP) is 10.1. The first-order chi connectivity index (χ1) is 21.2.